The topological polar surface area (TPSA) is 80.8 Å². The minimum Gasteiger partial charge on any atom is -0.493 e. The lowest BCUT2D eigenvalue weighted by atomic mass is 10.0. The molecule has 1 fully saturated rings. The number of carbonyl (C=O) groups is 2. The fourth-order valence-electron chi connectivity index (χ4n) is 3.12. The van der Waals surface area contributed by atoms with E-state index < -0.39 is 0 Å². The third-order valence-corrected chi connectivity index (χ3v) is 4.65. The van der Waals surface area contributed by atoms with E-state index in [2.05, 4.69) is 10.3 Å². The second kappa shape index (κ2) is 8.53. The molecule has 7 nitrogen and oxygen atoms in total. The minimum atomic E-state index is -0.162. The van der Waals surface area contributed by atoms with Crippen LogP contribution < -0.4 is 14.8 Å². The van der Waals surface area contributed by atoms with Gasteiger partial charge in [-0.3, -0.25) is 14.6 Å². The Bertz CT molecular complexity index is 802. The average molecular weight is 369 g/mol. The molecule has 0 radical (unpaired) electrons. The first-order valence-corrected chi connectivity index (χ1v) is 8.85. The van der Waals surface area contributed by atoms with E-state index in [4.69, 9.17) is 9.47 Å². The number of benzene rings is 1. The second-order valence-corrected chi connectivity index (χ2v) is 6.32. The fourth-order valence-corrected chi connectivity index (χ4v) is 3.12. The zero-order valence-corrected chi connectivity index (χ0v) is 15.5. The Labute approximate surface area is 158 Å². The fraction of sp³-hybridized carbons (Fsp3) is 0.350. The number of likely N-dealkylation sites (tertiary alicyclic amines) is 1. The first-order chi connectivity index (χ1) is 13.1. The lowest BCUT2D eigenvalue weighted by molar-refractivity contribution is 0.0692. The number of methoxy groups -OCH3 is 2. The summed E-state index contributed by atoms with van der Waals surface area (Å²) in [4.78, 5) is 30.8. The predicted molar refractivity (Wildman–Crippen MR) is 100 cm³/mol. The molecule has 1 aromatic heterocycles. The van der Waals surface area contributed by atoms with Crippen LogP contribution in [-0.2, 0) is 0 Å². The SMILES string of the molecule is COc1ccc(C(=O)NC2CCN(C(=O)c3ccccn3)CC2)cc1OC. The van der Waals surface area contributed by atoms with Crippen LogP contribution in [0.25, 0.3) is 0 Å². The molecule has 0 atom stereocenters. The molecular weight excluding hydrogens is 346 g/mol. The standard InChI is InChI=1S/C20H23N3O4/c1-26-17-7-6-14(13-18(17)27-2)19(24)22-15-8-11-23(12-9-15)20(25)16-5-3-4-10-21-16/h3-7,10,13,15H,8-9,11-12H2,1-2H3,(H,22,24). The van der Waals surface area contributed by atoms with E-state index in [1.54, 1.807) is 54.6 Å². The summed E-state index contributed by atoms with van der Waals surface area (Å²) in [5.74, 6) is 0.863. The highest BCUT2D eigenvalue weighted by Gasteiger charge is 2.25. The molecule has 1 aromatic carbocycles. The number of hydrogen-bond acceptors (Lipinski definition) is 5. The molecule has 2 heterocycles. The molecule has 1 N–H and O–H groups in total. The van der Waals surface area contributed by atoms with Crippen LogP contribution in [0.1, 0.15) is 33.7 Å². The van der Waals surface area contributed by atoms with E-state index in [0.29, 0.717) is 48.7 Å². The van der Waals surface area contributed by atoms with E-state index in [9.17, 15) is 9.59 Å². The Morgan fingerprint density at radius 1 is 1.07 bits per heavy atom. The van der Waals surface area contributed by atoms with Gasteiger partial charge in [0.2, 0.25) is 0 Å². The van der Waals surface area contributed by atoms with Crippen LogP contribution in [0.3, 0.4) is 0 Å². The molecule has 0 bridgehead atoms. The molecule has 0 aliphatic carbocycles. The minimum absolute atomic E-state index is 0.0263. The van der Waals surface area contributed by atoms with Crippen LogP contribution in [0.15, 0.2) is 42.6 Å². The van der Waals surface area contributed by atoms with Crippen molar-refractivity contribution in [1.82, 2.24) is 15.2 Å². The number of piperidine rings is 1. The lowest BCUT2D eigenvalue weighted by Crippen LogP contribution is -2.46. The first-order valence-electron chi connectivity index (χ1n) is 8.85. The van der Waals surface area contributed by atoms with Crippen LogP contribution >= 0.6 is 0 Å². The van der Waals surface area contributed by atoms with Crippen molar-refractivity contribution in [3.05, 3.63) is 53.9 Å². The van der Waals surface area contributed by atoms with Crippen molar-refractivity contribution in [3.63, 3.8) is 0 Å². The van der Waals surface area contributed by atoms with Gasteiger partial charge < -0.3 is 19.7 Å². The summed E-state index contributed by atoms with van der Waals surface area (Å²) in [6.45, 7) is 1.18. The maximum absolute atomic E-state index is 12.5. The molecule has 1 saturated heterocycles. The van der Waals surface area contributed by atoms with Gasteiger partial charge in [-0.05, 0) is 43.2 Å². The number of hydrogen-bond donors (Lipinski definition) is 1. The number of nitrogens with one attached hydrogen (secondary N) is 1. The summed E-state index contributed by atoms with van der Waals surface area (Å²) in [5, 5.41) is 3.03. The van der Waals surface area contributed by atoms with Crippen molar-refractivity contribution in [1.29, 1.82) is 0 Å². The van der Waals surface area contributed by atoms with Gasteiger partial charge in [-0.15, -0.1) is 0 Å². The lowest BCUT2D eigenvalue weighted by Gasteiger charge is -2.32. The zero-order chi connectivity index (χ0) is 19.2. The van der Waals surface area contributed by atoms with Crippen molar-refractivity contribution in [2.24, 2.45) is 0 Å². The molecule has 2 amide bonds. The van der Waals surface area contributed by atoms with Crippen LogP contribution in [0.2, 0.25) is 0 Å². The quantitative estimate of drug-likeness (QED) is 0.873. The molecule has 1 aliphatic rings. The van der Waals surface area contributed by atoms with Gasteiger partial charge in [-0.25, -0.2) is 0 Å². The molecule has 0 saturated carbocycles. The summed E-state index contributed by atoms with van der Waals surface area (Å²) < 4.78 is 10.4. The number of rotatable bonds is 5. The smallest absolute Gasteiger partial charge is 0.272 e. The summed E-state index contributed by atoms with van der Waals surface area (Å²) in [5.41, 5.74) is 0.963. The van der Waals surface area contributed by atoms with Gasteiger partial charge in [0.1, 0.15) is 5.69 Å². The number of nitrogens with zero attached hydrogens (tertiary/aromatic N) is 2. The third-order valence-electron chi connectivity index (χ3n) is 4.65. The Morgan fingerprint density at radius 2 is 1.81 bits per heavy atom. The molecule has 2 aromatic rings. The van der Waals surface area contributed by atoms with Gasteiger partial charge in [0.05, 0.1) is 14.2 Å². The maximum Gasteiger partial charge on any atom is 0.272 e. The van der Waals surface area contributed by atoms with Crippen molar-refractivity contribution in [2.75, 3.05) is 27.3 Å². The molecule has 0 spiro atoms. The number of carbonyl (C=O) groups excluding carboxylic acids is 2. The first kappa shape index (κ1) is 18.7. The molecule has 7 heteroatoms. The average Bonchev–Trinajstić information content (AvgIpc) is 2.73. The molecule has 0 unspecified atom stereocenters. The van der Waals surface area contributed by atoms with Gasteiger partial charge in [0.25, 0.3) is 11.8 Å². The number of ether oxygens (including phenoxy) is 2. The van der Waals surface area contributed by atoms with Crippen molar-refractivity contribution >= 4 is 11.8 Å². The summed E-state index contributed by atoms with van der Waals surface area (Å²) in [6.07, 6.45) is 3.03. The number of amides is 2. The number of aromatic nitrogens is 1. The summed E-state index contributed by atoms with van der Waals surface area (Å²) in [6, 6.07) is 10.4. The van der Waals surface area contributed by atoms with E-state index in [1.807, 2.05) is 0 Å². The van der Waals surface area contributed by atoms with Crippen molar-refractivity contribution in [2.45, 2.75) is 18.9 Å². The van der Waals surface area contributed by atoms with Gasteiger partial charge in [-0.1, -0.05) is 6.07 Å². The van der Waals surface area contributed by atoms with Crippen LogP contribution in [0.5, 0.6) is 11.5 Å². The molecule has 27 heavy (non-hydrogen) atoms. The van der Waals surface area contributed by atoms with Crippen LogP contribution in [0, 0.1) is 0 Å². The van der Waals surface area contributed by atoms with Crippen molar-refractivity contribution < 1.29 is 19.1 Å². The van der Waals surface area contributed by atoms with E-state index >= 15 is 0 Å². The van der Waals surface area contributed by atoms with E-state index in [1.165, 1.54) is 7.11 Å². The third kappa shape index (κ3) is 4.36. The van der Waals surface area contributed by atoms with Gasteiger partial charge >= 0.3 is 0 Å². The molecular formula is C20H23N3O4. The molecule has 3 rings (SSSR count). The Kier molecular flexibility index (Phi) is 5.90. The molecule has 1 aliphatic heterocycles. The van der Waals surface area contributed by atoms with Crippen LogP contribution in [-0.4, -0.2) is 55.0 Å². The highest BCUT2D eigenvalue weighted by molar-refractivity contribution is 5.95. The normalized spacial score (nSPS) is 14.5. The summed E-state index contributed by atoms with van der Waals surface area (Å²) >= 11 is 0. The van der Waals surface area contributed by atoms with E-state index in [-0.39, 0.29) is 17.9 Å². The van der Waals surface area contributed by atoms with Gasteiger partial charge in [-0.2, -0.15) is 0 Å². The second-order valence-electron chi connectivity index (χ2n) is 6.32. The number of pyridine rings is 1. The Morgan fingerprint density at radius 3 is 2.44 bits per heavy atom. The van der Waals surface area contributed by atoms with Crippen LogP contribution in [0.4, 0.5) is 0 Å². The predicted octanol–water partition coefficient (Wildman–Crippen LogP) is 2.13. The highest BCUT2D eigenvalue weighted by atomic mass is 16.5. The van der Waals surface area contributed by atoms with Crippen molar-refractivity contribution in [3.8, 4) is 11.5 Å². The maximum atomic E-state index is 12.5. The summed E-state index contributed by atoms with van der Waals surface area (Å²) in [7, 11) is 3.09. The monoisotopic (exact) mass is 369 g/mol. The zero-order valence-electron chi connectivity index (χ0n) is 15.5. The van der Waals surface area contributed by atoms with E-state index in [0.717, 1.165) is 0 Å². The van der Waals surface area contributed by atoms with Gasteiger partial charge in [0.15, 0.2) is 11.5 Å². The Balaban J connectivity index is 1.56. The van der Waals surface area contributed by atoms with Gasteiger partial charge in [0, 0.05) is 30.9 Å². The Hall–Kier alpha value is -3.09. The highest BCUT2D eigenvalue weighted by Crippen LogP contribution is 2.27. The molecule has 142 valence electrons. The largest absolute Gasteiger partial charge is 0.493 e.